The van der Waals surface area contributed by atoms with Crippen molar-refractivity contribution >= 4 is 12.1 Å². The molecule has 0 aromatic rings. The molecule has 0 amide bonds. The summed E-state index contributed by atoms with van der Waals surface area (Å²) >= 11 is 0. The molecule has 0 saturated heterocycles. The van der Waals surface area contributed by atoms with Gasteiger partial charge in [0.15, 0.2) is 0 Å². The van der Waals surface area contributed by atoms with Crippen LogP contribution in [0.15, 0.2) is 0 Å². The summed E-state index contributed by atoms with van der Waals surface area (Å²) in [5.41, 5.74) is -7.07. The van der Waals surface area contributed by atoms with Gasteiger partial charge < -0.3 is 14.2 Å². The van der Waals surface area contributed by atoms with E-state index in [9.17, 15) is 35.9 Å². The van der Waals surface area contributed by atoms with Gasteiger partial charge in [0.2, 0.25) is 0 Å². The lowest BCUT2D eigenvalue weighted by Gasteiger charge is -2.36. The van der Waals surface area contributed by atoms with Crippen molar-refractivity contribution in [3.63, 3.8) is 0 Å². The summed E-state index contributed by atoms with van der Waals surface area (Å²) in [7, 11) is 0. The van der Waals surface area contributed by atoms with Gasteiger partial charge in [-0.3, -0.25) is 4.79 Å². The minimum absolute atomic E-state index is 0.364. The van der Waals surface area contributed by atoms with Crippen molar-refractivity contribution in [1.29, 1.82) is 0 Å². The molecular weight excluding hydrogens is 398 g/mol. The lowest BCUT2D eigenvalue weighted by Crippen LogP contribution is -2.60. The summed E-state index contributed by atoms with van der Waals surface area (Å²) in [6.45, 7) is 7.79. The van der Waals surface area contributed by atoms with Gasteiger partial charge in [0.05, 0.1) is 12.0 Å². The first-order chi connectivity index (χ1) is 12.3. The Hall–Kier alpha value is -1.68. The third-order valence-electron chi connectivity index (χ3n) is 3.91. The highest BCUT2D eigenvalue weighted by Crippen LogP contribution is 2.49. The third-order valence-corrected chi connectivity index (χ3v) is 3.91. The van der Waals surface area contributed by atoms with Gasteiger partial charge in [-0.2, -0.15) is 26.3 Å². The molecule has 0 rings (SSSR count). The topological polar surface area (TPSA) is 61.8 Å². The highest BCUT2D eigenvalue weighted by Gasteiger charge is 2.74. The molecule has 11 heteroatoms. The van der Waals surface area contributed by atoms with Crippen molar-refractivity contribution < 1.29 is 50.1 Å². The Morgan fingerprint density at radius 3 is 1.64 bits per heavy atom. The molecule has 0 N–H and O–H groups in total. The molecule has 0 aliphatic carbocycles. The van der Waals surface area contributed by atoms with Crippen LogP contribution in [-0.4, -0.2) is 42.3 Å². The molecule has 166 valence electrons. The average Bonchev–Trinajstić information content (AvgIpc) is 2.45. The van der Waals surface area contributed by atoms with Gasteiger partial charge in [0, 0.05) is 6.42 Å². The van der Waals surface area contributed by atoms with Gasteiger partial charge in [-0.15, -0.1) is 0 Å². The van der Waals surface area contributed by atoms with Gasteiger partial charge in [-0.25, -0.2) is 4.79 Å². The summed E-state index contributed by atoms with van der Waals surface area (Å²) in [6.07, 6.45) is -16.2. The van der Waals surface area contributed by atoms with Crippen LogP contribution in [0, 0.1) is 5.41 Å². The van der Waals surface area contributed by atoms with Crippen LogP contribution in [0.25, 0.3) is 0 Å². The lowest BCUT2D eigenvalue weighted by atomic mass is 9.90. The molecule has 0 aliphatic heterocycles. The minimum atomic E-state index is -5.96. The fourth-order valence-corrected chi connectivity index (χ4v) is 1.85. The van der Waals surface area contributed by atoms with E-state index in [1.807, 2.05) is 0 Å². The van der Waals surface area contributed by atoms with Crippen molar-refractivity contribution in [2.75, 3.05) is 6.61 Å². The largest absolute Gasteiger partial charge is 0.510 e. The Morgan fingerprint density at radius 1 is 0.821 bits per heavy atom. The Balaban J connectivity index is 5.42. The molecule has 0 radical (unpaired) electrons. The summed E-state index contributed by atoms with van der Waals surface area (Å²) < 4.78 is 93.0. The second kappa shape index (κ2) is 8.77. The Morgan fingerprint density at radius 2 is 1.29 bits per heavy atom. The number of carbonyl (C=O) groups is 2. The van der Waals surface area contributed by atoms with E-state index < -0.39 is 60.5 Å². The second-order valence-corrected chi connectivity index (χ2v) is 7.87. The number of rotatable bonds is 7. The molecule has 0 aliphatic rings. The molecule has 0 unspecified atom stereocenters. The van der Waals surface area contributed by atoms with Crippen molar-refractivity contribution in [2.45, 2.75) is 84.4 Å². The van der Waals surface area contributed by atoms with Crippen LogP contribution in [0.4, 0.5) is 31.1 Å². The zero-order valence-corrected chi connectivity index (χ0v) is 16.6. The average molecular weight is 424 g/mol. The minimum Gasteiger partial charge on any atom is -0.465 e. The van der Waals surface area contributed by atoms with Crippen LogP contribution < -0.4 is 0 Å². The maximum atomic E-state index is 13.3. The zero-order valence-electron chi connectivity index (χ0n) is 16.6. The third kappa shape index (κ3) is 7.05. The van der Waals surface area contributed by atoms with Gasteiger partial charge in [0.1, 0.15) is 5.60 Å². The normalized spacial score (nSPS) is 13.9. The number of halogens is 6. The number of ether oxygens (including phenoxy) is 3. The van der Waals surface area contributed by atoms with E-state index in [0.29, 0.717) is 6.42 Å². The molecule has 0 fully saturated rings. The number of hydrogen-bond acceptors (Lipinski definition) is 5. The number of esters is 1. The monoisotopic (exact) mass is 424 g/mol. The smallest absolute Gasteiger partial charge is 0.465 e. The first-order valence-corrected chi connectivity index (χ1v) is 8.52. The van der Waals surface area contributed by atoms with E-state index in [2.05, 4.69) is 9.47 Å². The SMILES string of the molecule is CCC(C)(C)C(=O)OCCCC(OC(=O)OC(C)(C)C)(C(F)(F)F)C(F)(F)F. The first-order valence-electron chi connectivity index (χ1n) is 8.52. The first kappa shape index (κ1) is 26.3. The van der Waals surface area contributed by atoms with Crippen molar-refractivity contribution in [3.05, 3.63) is 0 Å². The lowest BCUT2D eigenvalue weighted by molar-refractivity contribution is -0.371. The fraction of sp³-hybridized carbons (Fsp3) is 0.882. The van der Waals surface area contributed by atoms with Gasteiger partial charge in [0.25, 0.3) is 0 Å². The standard InChI is InChI=1S/C17H26F6O5/c1-7-14(5,6)11(24)26-10-8-9-15(16(18,19)20,17(21,22)23)28-12(25)27-13(2,3)4/h7-10H2,1-6H3. The molecule has 28 heavy (non-hydrogen) atoms. The van der Waals surface area contributed by atoms with E-state index in [1.54, 1.807) is 6.92 Å². The summed E-state index contributed by atoms with van der Waals surface area (Å²) in [4.78, 5) is 23.3. The molecule has 0 aromatic heterocycles. The van der Waals surface area contributed by atoms with Crippen molar-refractivity contribution in [1.82, 2.24) is 0 Å². The molecule has 0 spiro atoms. The van der Waals surface area contributed by atoms with E-state index >= 15 is 0 Å². The van der Waals surface area contributed by atoms with Crippen LogP contribution in [-0.2, 0) is 19.0 Å². The molecular formula is C17H26F6O5. The zero-order chi connectivity index (χ0) is 22.6. The molecule has 0 bridgehead atoms. The van der Waals surface area contributed by atoms with Crippen LogP contribution in [0.3, 0.4) is 0 Å². The van der Waals surface area contributed by atoms with E-state index in [4.69, 9.17) is 4.74 Å². The van der Waals surface area contributed by atoms with E-state index in [1.165, 1.54) is 34.6 Å². The van der Waals surface area contributed by atoms with Crippen LogP contribution in [0.1, 0.15) is 60.8 Å². The molecule has 0 aromatic carbocycles. The van der Waals surface area contributed by atoms with Gasteiger partial charge in [-0.1, -0.05) is 6.92 Å². The summed E-state index contributed by atoms with van der Waals surface area (Å²) in [5, 5.41) is 0. The highest BCUT2D eigenvalue weighted by atomic mass is 19.4. The van der Waals surface area contributed by atoms with Crippen molar-refractivity contribution in [3.8, 4) is 0 Å². The van der Waals surface area contributed by atoms with Crippen LogP contribution in [0.2, 0.25) is 0 Å². The Kier molecular flexibility index (Phi) is 8.25. The predicted octanol–water partition coefficient (Wildman–Crippen LogP) is 5.56. The summed E-state index contributed by atoms with van der Waals surface area (Å²) in [5.74, 6) is -0.757. The molecule has 0 saturated carbocycles. The predicted molar refractivity (Wildman–Crippen MR) is 86.4 cm³/mol. The maximum absolute atomic E-state index is 13.3. The number of hydrogen-bond donors (Lipinski definition) is 0. The number of alkyl halides is 6. The van der Waals surface area contributed by atoms with Crippen LogP contribution >= 0.6 is 0 Å². The Bertz CT molecular complexity index is 532. The highest BCUT2D eigenvalue weighted by molar-refractivity contribution is 5.75. The maximum Gasteiger partial charge on any atom is 0.510 e. The van der Waals surface area contributed by atoms with Gasteiger partial charge in [-0.05, 0) is 47.5 Å². The molecule has 5 nitrogen and oxygen atoms in total. The van der Waals surface area contributed by atoms with E-state index in [0.717, 1.165) is 0 Å². The molecule has 0 atom stereocenters. The van der Waals surface area contributed by atoms with Crippen LogP contribution in [0.5, 0.6) is 0 Å². The Labute approximate surface area is 159 Å². The second-order valence-electron chi connectivity index (χ2n) is 7.87. The quantitative estimate of drug-likeness (QED) is 0.304. The van der Waals surface area contributed by atoms with Crippen molar-refractivity contribution in [2.24, 2.45) is 5.41 Å². The van der Waals surface area contributed by atoms with E-state index in [-0.39, 0.29) is 0 Å². The fourth-order valence-electron chi connectivity index (χ4n) is 1.85. The number of carbonyl (C=O) groups excluding carboxylic acids is 2. The van der Waals surface area contributed by atoms with Gasteiger partial charge >= 0.3 is 30.1 Å². The molecule has 0 heterocycles. The summed E-state index contributed by atoms with van der Waals surface area (Å²) in [6, 6.07) is 0.